The summed E-state index contributed by atoms with van der Waals surface area (Å²) in [5.74, 6) is -0.149. The van der Waals surface area contributed by atoms with Crippen LogP contribution in [0, 0.1) is 0 Å². The fourth-order valence-corrected chi connectivity index (χ4v) is 2.51. The van der Waals surface area contributed by atoms with Crippen LogP contribution in [0.1, 0.15) is 39.5 Å². The lowest BCUT2D eigenvalue weighted by atomic mass is 10.1. The zero-order chi connectivity index (χ0) is 17.5. The van der Waals surface area contributed by atoms with E-state index < -0.39 is 5.63 Å². The summed E-state index contributed by atoms with van der Waals surface area (Å²) < 4.78 is 16.4. The minimum Gasteiger partial charge on any atom is -0.503 e. The standard InChI is InChI=1S/C18H24O6/c1-3-5-7-12(4-2)23-17-16(20)15-13(22-11-10-19)8-6-9-14(15)24-18(17)21/h6,8-9,12,19-20H,3-5,7,10-11H2,1-2H3. The molecule has 0 aliphatic rings. The lowest BCUT2D eigenvalue weighted by Gasteiger charge is -2.18. The smallest absolute Gasteiger partial charge is 0.383 e. The van der Waals surface area contributed by atoms with Crippen LogP contribution >= 0.6 is 0 Å². The van der Waals surface area contributed by atoms with Gasteiger partial charge in [-0.25, -0.2) is 4.79 Å². The molecule has 0 radical (unpaired) electrons. The Morgan fingerprint density at radius 3 is 2.75 bits per heavy atom. The largest absolute Gasteiger partial charge is 0.503 e. The second-order valence-corrected chi connectivity index (χ2v) is 5.56. The molecule has 1 aromatic heterocycles. The van der Waals surface area contributed by atoms with Crippen LogP contribution in [-0.4, -0.2) is 29.5 Å². The first-order valence-electron chi connectivity index (χ1n) is 8.31. The third kappa shape index (κ3) is 4.00. The van der Waals surface area contributed by atoms with Gasteiger partial charge >= 0.3 is 5.63 Å². The molecule has 6 nitrogen and oxygen atoms in total. The number of ether oxygens (including phenoxy) is 2. The number of aliphatic hydroxyl groups is 1. The second kappa shape index (κ2) is 8.59. The molecule has 2 N–H and O–H groups in total. The third-order valence-corrected chi connectivity index (χ3v) is 3.80. The van der Waals surface area contributed by atoms with Crippen molar-refractivity contribution >= 4 is 11.0 Å². The molecule has 0 aliphatic carbocycles. The summed E-state index contributed by atoms with van der Waals surface area (Å²) in [5, 5.41) is 19.7. The molecule has 0 saturated carbocycles. The maximum absolute atomic E-state index is 12.2. The van der Waals surface area contributed by atoms with Crippen molar-refractivity contribution in [1.82, 2.24) is 0 Å². The average molecular weight is 336 g/mol. The highest BCUT2D eigenvalue weighted by molar-refractivity contribution is 5.91. The van der Waals surface area contributed by atoms with E-state index in [2.05, 4.69) is 6.92 Å². The van der Waals surface area contributed by atoms with Crippen molar-refractivity contribution in [3.63, 3.8) is 0 Å². The number of hydrogen-bond acceptors (Lipinski definition) is 6. The quantitative estimate of drug-likeness (QED) is 0.684. The highest BCUT2D eigenvalue weighted by Gasteiger charge is 2.21. The van der Waals surface area contributed by atoms with Gasteiger partial charge in [0.15, 0.2) is 5.75 Å². The van der Waals surface area contributed by atoms with Crippen LogP contribution in [-0.2, 0) is 0 Å². The van der Waals surface area contributed by atoms with E-state index in [-0.39, 0.29) is 41.8 Å². The Labute approximate surface area is 140 Å². The lowest BCUT2D eigenvalue weighted by Crippen LogP contribution is -2.19. The van der Waals surface area contributed by atoms with Gasteiger partial charge in [0, 0.05) is 0 Å². The Morgan fingerprint density at radius 1 is 1.29 bits per heavy atom. The van der Waals surface area contributed by atoms with Crippen molar-refractivity contribution in [2.75, 3.05) is 13.2 Å². The minimum atomic E-state index is -0.714. The molecule has 1 unspecified atom stereocenters. The van der Waals surface area contributed by atoms with E-state index in [1.807, 2.05) is 6.92 Å². The number of rotatable bonds is 9. The van der Waals surface area contributed by atoms with Gasteiger partial charge in [-0.3, -0.25) is 0 Å². The van der Waals surface area contributed by atoms with Gasteiger partial charge in [0.2, 0.25) is 5.75 Å². The van der Waals surface area contributed by atoms with Crippen LogP contribution in [0.4, 0.5) is 0 Å². The summed E-state index contributed by atoms with van der Waals surface area (Å²) in [6.45, 7) is 3.96. The van der Waals surface area contributed by atoms with Crippen molar-refractivity contribution in [3.05, 3.63) is 28.6 Å². The van der Waals surface area contributed by atoms with Crippen LogP contribution in [0.2, 0.25) is 0 Å². The number of aromatic hydroxyl groups is 1. The first kappa shape index (κ1) is 18.1. The zero-order valence-corrected chi connectivity index (χ0v) is 14.1. The highest BCUT2D eigenvalue weighted by Crippen LogP contribution is 2.38. The Balaban J connectivity index is 2.44. The van der Waals surface area contributed by atoms with Gasteiger partial charge < -0.3 is 24.1 Å². The number of fused-ring (bicyclic) bond motifs is 1. The van der Waals surface area contributed by atoms with Crippen molar-refractivity contribution in [2.24, 2.45) is 0 Å². The summed E-state index contributed by atoms with van der Waals surface area (Å²) in [7, 11) is 0. The molecule has 2 aromatic rings. The summed E-state index contributed by atoms with van der Waals surface area (Å²) >= 11 is 0. The molecule has 2 rings (SSSR count). The molecular weight excluding hydrogens is 312 g/mol. The minimum absolute atomic E-state index is 0.0714. The molecule has 0 aliphatic heterocycles. The molecule has 0 saturated heterocycles. The molecular formula is C18H24O6. The van der Waals surface area contributed by atoms with Crippen LogP contribution in [0.15, 0.2) is 27.4 Å². The number of hydrogen-bond donors (Lipinski definition) is 2. The van der Waals surface area contributed by atoms with E-state index >= 15 is 0 Å². The predicted octanol–water partition coefficient (Wildman–Crippen LogP) is 3.22. The zero-order valence-electron chi connectivity index (χ0n) is 14.1. The van der Waals surface area contributed by atoms with E-state index in [1.54, 1.807) is 18.2 Å². The molecule has 0 spiro atoms. The normalized spacial score (nSPS) is 12.3. The number of aliphatic hydroxyl groups excluding tert-OH is 1. The van der Waals surface area contributed by atoms with Gasteiger partial charge in [0.25, 0.3) is 0 Å². The molecule has 0 amide bonds. The highest BCUT2D eigenvalue weighted by atomic mass is 16.5. The fraction of sp³-hybridized carbons (Fsp3) is 0.500. The van der Waals surface area contributed by atoms with E-state index in [9.17, 15) is 9.90 Å². The number of benzene rings is 1. The van der Waals surface area contributed by atoms with Gasteiger partial charge in [-0.15, -0.1) is 0 Å². The van der Waals surface area contributed by atoms with E-state index in [1.165, 1.54) is 0 Å². The van der Waals surface area contributed by atoms with Crippen LogP contribution in [0.25, 0.3) is 11.0 Å². The van der Waals surface area contributed by atoms with Crippen molar-refractivity contribution < 1.29 is 24.1 Å². The van der Waals surface area contributed by atoms with Crippen molar-refractivity contribution in [1.29, 1.82) is 0 Å². The fourth-order valence-electron chi connectivity index (χ4n) is 2.51. The molecule has 24 heavy (non-hydrogen) atoms. The van der Waals surface area contributed by atoms with E-state index in [4.69, 9.17) is 19.0 Å². The summed E-state index contributed by atoms with van der Waals surface area (Å²) in [5.41, 5.74) is -0.504. The van der Waals surface area contributed by atoms with Crippen LogP contribution in [0.3, 0.4) is 0 Å². The molecule has 0 bridgehead atoms. The lowest BCUT2D eigenvalue weighted by molar-refractivity contribution is 0.169. The Hall–Kier alpha value is -2.21. The van der Waals surface area contributed by atoms with Crippen LogP contribution in [0.5, 0.6) is 17.2 Å². The van der Waals surface area contributed by atoms with Crippen molar-refractivity contribution in [3.8, 4) is 17.2 Å². The average Bonchev–Trinajstić information content (AvgIpc) is 2.59. The third-order valence-electron chi connectivity index (χ3n) is 3.80. The Bertz CT molecular complexity index is 721. The number of unbranched alkanes of at least 4 members (excludes halogenated alkanes) is 1. The van der Waals surface area contributed by atoms with E-state index in [0.717, 1.165) is 25.7 Å². The topological polar surface area (TPSA) is 89.1 Å². The van der Waals surface area contributed by atoms with E-state index in [0.29, 0.717) is 5.75 Å². The first-order chi connectivity index (χ1) is 11.6. The SMILES string of the molecule is CCCCC(CC)Oc1c(O)c2c(OCCO)cccc2oc1=O. The molecule has 1 atom stereocenters. The van der Waals surface area contributed by atoms with Gasteiger partial charge in [-0.2, -0.15) is 0 Å². The van der Waals surface area contributed by atoms with Crippen molar-refractivity contribution in [2.45, 2.75) is 45.6 Å². The maximum Gasteiger partial charge on any atom is 0.383 e. The monoisotopic (exact) mass is 336 g/mol. The summed E-state index contributed by atoms with van der Waals surface area (Å²) in [6, 6.07) is 4.85. The molecule has 6 heteroatoms. The van der Waals surface area contributed by atoms with Crippen LogP contribution < -0.4 is 15.1 Å². The summed E-state index contributed by atoms with van der Waals surface area (Å²) in [6.07, 6.45) is 3.36. The van der Waals surface area contributed by atoms with Gasteiger partial charge in [-0.05, 0) is 25.0 Å². The first-order valence-corrected chi connectivity index (χ1v) is 8.31. The Morgan fingerprint density at radius 2 is 2.08 bits per heavy atom. The van der Waals surface area contributed by atoms with Gasteiger partial charge in [0.05, 0.1) is 12.7 Å². The predicted molar refractivity (Wildman–Crippen MR) is 91.0 cm³/mol. The maximum atomic E-state index is 12.2. The molecule has 132 valence electrons. The Kier molecular flexibility index (Phi) is 6.49. The van der Waals surface area contributed by atoms with Gasteiger partial charge in [-0.1, -0.05) is 32.8 Å². The molecule has 1 heterocycles. The summed E-state index contributed by atoms with van der Waals surface area (Å²) in [4.78, 5) is 12.2. The molecule has 0 fully saturated rings. The molecule has 1 aromatic carbocycles. The second-order valence-electron chi connectivity index (χ2n) is 5.56. The van der Waals surface area contributed by atoms with Gasteiger partial charge in [0.1, 0.15) is 23.3 Å².